The molecule has 3 heteroatoms. The molecule has 0 aromatic carbocycles. The topological polar surface area (TPSA) is 0 Å². The van der Waals surface area contributed by atoms with Gasteiger partial charge in [-0.25, -0.2) is 24.3 Å². The van der Waals surface area contributed by atoms with Crippen LogP contribution in [0.3, 0.4) is 0 Å². The van der Waals surface area contributed by atoms with Gasteiger partial charge in [-0.3, -0.25) is 12.2 Å². The first kappa shape index (κ1) is 18.9. The van der Waals surface area contributed by atoms with Crippen LogP contribution in [0.1, 0.15) is 12.8 Å². The molecule has 0 amide bonds. The van der Waals surface area contributed by atoms with Crippen LogP contribution in [-0.4, -0.2) is 11.0 Å². The van der Waals surface area contributed by atoms with Crippen LogP contribution in [0.25, 0.3) is 0 Å². The smallest absolute Gasteiger partial charge is 1.00 e. The van der Waals surface area contributed by atoms with E-state index in [0.717, 1.165) is 12.8 Å². The molecule has 0 saturated carbocycles. The predicted molar refractivity (Wildman–Crippen MR) is 53.1 cm³/mol. The molecule has 0 spiro atoms. The Balaban J connectivity index is -0.000000125. The molecular formula is C10H13ClSiTi. The summed E-state index contributed by atoms with van der Waals surface area (Å²) < 4.78 is 0. The summed E-state index contributed by atoms with van der Waals surface area (Å²) in [6.07, 6.45) is 20.0. The van der Waals surface area contributed by atoms with E-state index in [4.69, 9.17) is 0 Å². The minimum absolute atomic E-state index is 0. The zero-order valence-electron chi connectivity index (χ0n) is 7.76. The van der Waals surface area contributed by atoms with Crippen LogP contribution in [0.4, 0.5) is 0 Å². The van der Waals surface area contributed by atoms with Gasteiger partial charge < -0.3 is 12.4 Å². The Morgan fingerprint density at radius 3 is 1.31 bits per heavy atom. The van der Waals surface area contributed by atoms with Gasteiger partial charge in [0.15, 0.2) is 0 Å². The maximum atomic E-state index is 2.99. The zero-order chi connectivity index (χ0) is 7.07. The molecule has 0 nitrogen and oxygen atoms in total. The minimum Gasteiger partial charge on any atom is -1.00 e. The van der Waals surface area contributed by atoms with Crippen LogP contribution >= 0.6 is 0 Å². The quantitative estimate of drug-likeness (QED) is 0.357. The Labute approximate surface area is 106 Å². The Morgan fingerprint density at radius 2 is 1.23 bits per heavy atom. The molecule has 0 saturated heterocycles. The molecule has 0 atom stereocenters. The van der Waals surface area contributed by atoms with Crippen LogP contribution in [-0.2, 0) is 21.7 Å². The molecule has 2 rings (SSSR count). The molecule has 2 radical (unpaired) electrons. The number of hydrogen-bond acceptors (Lipinski definition) is 0. The van der Waals surface area contributed by atoms with E-state index < -0.39 is 0 Å². The van der Waals surface area contributed by atoms with E-state index in [0.29, 0.717) is 0 Å². The van der Waals surface area contributed by atoms with Gasteiger partial charge >= 0.3 is 21.7 Å². The van der Waals surface area contributed by atoms with E-state index in [2.05, 4.69) is 24.3 Å². The maximum Gasteiger partial charge on any atom is 3.00 e. The number of allylic oxidation sites excluding steroid dienone is 8. The number of hydrogen-bond donors (Lipinski definition) is 0. The summed E-state index contributed by atoms with van der Waals surface area (Å²) in [6.45, 7) is 0. The summed E-state index contributed by atoms with van der Waals surface area (Å²) in [5, 5.41) is 0. The Kier molecular flexibility index (Phi) is 21.3. The molecule has 0 unspecified atom stereocenters. The molecule has 0 aromatic rings. The van der Waals surface area contributed by atoms with Gasteiger partial charge in [-0.15, -0.1) is 12.8 Å². The second-order valence-corrected chi connectivity index (χ2v) is 2.01. The van der Waals surface area contributed by atoms with Gasteiger partial charge in [-0.1, -0.05) is 0 Å². The van der Waals surface area contributed by atoms with Crippen LogP contribution in [0.15, 0.2) is 36.5 Å². The van der Waals surface area contributed by atoms with Crippen molar-refractivity contribution in [3.8, 4) is 0 Å². The second-order valence-electron chi connectivity index (χ2n) is 2.01. The van der Waals surface area contributed by atoms with Crippen LogP contribution in [0, 0.1) is 12.2 Å². The molecule has 0 fully saturated rings. The van der Waals surface area contributed by atoms with Crippen molar-refractivity contribution in [1.82, 2.24) is 0 Å². The molecule has 0 N–H and O–H groups in total. The predicted octanol–water partition coefficient (Wildman–Crippen LogP) is -1.57. The molecule has 68 valence electrons. The summed E-state index contributed by atoms with van der Waals surface area (Å²) in [5.41, 5.74) is 0. The van der Waals surface area contributed by atoms with Gasteiger partial charge in [-0.05, 0) is 11.0 Å². The van der Waals surface area contributed by atoms with E-state index in [-0.39, 0.29) is 45.1 Å². The molecule has 13 heavy (non-hydrogen) atoms. The van der Waals surface area contributed by atoms with Crippen LogP contribution < -0.4 is 12.4 Å². The first-order valence-corrected chi connectivity index (χ1v) is 3.43. The van der Waals surface area contributed by atoms with Crippen molar-refractivity contribution in [2.24, 2.45) is 0 Å². The van der Waals surface area contributed by atoms with Gasteiger partial charge in [0.1, 0.15) is 0 Å². The van der Waals surface area contributed by atoms with Gasteiger partial charge in [0.2, 0.25) is 0 Å². The molecular weight excluding hydrogens is 232 g/mol. The fourth-order valence-corrected chi connectivity index (χ4v) is 0.680. The molecule has 0 aromatic heterocycles. The zero-order valence-corrected chi connectivity index (χ0v) is 12.1. The third-order valence-corrected chi connectivity index (χ3v) is 1.17. The minimum atomic E-state index is 0. The van der Waals surface area contributed by atoms with Crippen molar-refractivity contribution in [3.63, 3.8) is 0 Å². The first-order chi connectivity index (χ1) is 5.00. The third-order valence-electron chi connectivity index (χ3n) is 1.17. The fraction of sp³-hybridized carbons (Fsp3) is 0.200. The van der Waals surface area contributed by atoms with E-state index in [1.165, 1.54) is 0 Å². The van der Waals surface area contributed by atoms with Crippen molar-refractivity contribution in [2.45, 2.75) is 12.8 Å². The van der Waals surface area contributed by atoms with Gasteiger partial charge in [-0.2, -0.15) is 12.2 Å². The molecule has 2 aliphatic rings. The largest absolute Gasteiger partial charge is 3.00 e. The summed E-state index contributed by atoms with van der Waals surface area (Å²) in [7, 11) is 0. The van der Waals surface area contributed by atoms with Gasteiger partial charge in [0, 0.05) is 0 Å². The SMILES string of the molecule is [C-]1=CC=CC1.[C-]1=CC=CC1.[Cl-].[SiH3].[Ti+3]. The number of rotatable bonds is 0. The van der Waals surface area contributed by atoms with Crippen molar-refractivity contribution in [2.75, 3.05) is 0 Å². The third kappa shape index (κ3) is 12.2. The van der Waals surface area contributed by atoms with E-state index in [1.54, 1.807) is 0 Å². The summed E-state index contributed by atoms with van der Waals surface area (Å²) in [6, 6.07) is 0. The van der Waals surface area contributed by atoms with E-state index in [9.17, 15) is 0 Å². The Hall–Kier alpha value is 0.181. The molecule has 0 aliphatic heterocycles. The molecule has 0 bridgehead atoms. The van der Waals surface area contributed by atoms with E-state index >= 15 is 0 Å². The van der Waals surface area contributed by atoms with Crippen molar-refractivity contribution in [3.05, 3.63) is 48.6 Å². The molecule has 0 heterocycles. The summed E-state index contributed by atoms with van der Waals surface area (Å²) in [4.78, 5) is 0. The summed E-state index contributed by atoms with van der Waals surface area (Å²) in [5.74, 6) is 0. The van der Waals surface area contributed by atoms with Crippen molar-refractivity contribution < 1.29 is 34.1 Å². The van der Waals surface area contributed by atoms with Crippen molar-refractivity contribution >= 4 is 11.0 Å². The fourth-order valence-electron chi connectivity index (χ4n) is 0.680. The average Bonchev–Trinajstić information content (AvgIpc) is 2.67. The Bertz CT molecular complexity index is 153. The monoisotopic (exact) mass is 244 g/mol. The Morgan fingerprint density at radius 1 is 0.846 bits per heavy atom. The van der Waals surface area contributed by atoms with Crippen LogP contribution in [0.5, 0.6) is 0 Å². The second kappa shape index (κ2) is 14.7. The standard InChI is InChI=1S/2C5H5.ClH.H3Si.Ti/c2*1-2-4-5-3-1;;;/h2*1-3H,4H2;1H;1H3;/q2*-1;;;+3/p-1. The van der Waals surface area contributed by atoms with Crippen LogP contribution in [0.2, 0.25) is 0 Å². The average molecular weight is 245 g/mol. The van der Waals surface area contributed by atoms with Gasteiger partial charge in [0.25, 0.3) is 0 Å². The maximum absolute atomic E-state index is 2.99. The van der Waals surface area contributed by atoms with Crippen molar-refractivity contribution in [1.29, 1.82) is 0 Å². The first-order valence-electron chi connectivity index (χ1n) is 3.43. The molecule has 2 aliphatic carbocycles. The summed E-state index contributed by atoms with van der Waals surface area (Å²) >= 11 is 0. The number of halogens is 1. The van der Waals surface area contributed by atoms with E-state index in [1.807, 2.05) is 24.3 Å². The van der Waals surface area contributed by atoms with Gasteiger partial charge in [0.05, 0.1) is 0 Å². The normalized spacial score (nSPS) is 13.5.